The molecule has 0 aliphatic heterocycles. The van der Waals surface area contributed by atoms with Crippen LogP contribution in [0.5, 0.6) is 0 Å². The topological polar surface area (TPSA) is 12.0 Å². The molecule has 0 radical (unpaired) electrons. The van der Waals surface area contributed by atoms with Crippen LogP contribution in [0.2, 0.25) is 0 Å². The summed E-state index contributed by atoms with van der Waals surface area (Å²) >= 11 is 3.07. The van der Waals surface area contributed by atoms with Crippen LogP contribution in [-0.4, -0.2) is 17.8 Å². The molecule has 0 aliphatic carbocycles. The van der Waals surface area contributed by atoms with Crippen molar-refractivity contribution in [3.63, 3.8) is 0 Å². The highest BCUT2D eigenvalue weighted by Gasteiger charge is 2.27. The molecular weight excluding hydrogens is 322 g/mol. The quantitative estimate of drug-likeness (QED) is 0.648. The molecule has 0 bridgehead atoms. The van der Waals surface area contributed by atoms with Crippen LogP contribution in [0.25, 0.3) is 0 Å². The molecule has 0 heterocycles. The van der Waals surface area contributed by atoms with Crippen molar-refractivity contribution >= 4 is 27.7 Å². The number of thioether (sulfide) groups is 1. The van der Waals surface area contributed by atoms with Crippen molar-refractivity contribution < 1.29 is 17.6 Å². The summed E-state index contributed by atoms with van der Waals surface area (Å²) in [6.45, 7) is 0.563. The maximum Gasteiger partial charge on any atom is 0.441 e. The van der Waals surface area contributed by atoms with Crippen molar-refractivity contribution in [2.75, 3.05) is 12.3 Å². The second-order valence-electron chi connectivity index (χ2n) is 3.25. The van der Waals surface area contributed by atoms with Gasteiger partial charge in [-0.25, -0.2) is 4.39 Å². The molecule has 96 valence electrons. The lowest BCUT2D eigenvalue weighted by Crippen LogP contribution is -2.18. The molecule has 0 unspecified atom stereocenters. The van der Waals surface area contributed by atoms with Gasteiger partial charge in [-0.1, -0.05) is 15.9 Å². The molecule has 0 aliphatic rings. The van der Waals surface area contributed by atoms with E-state index in [0.29, 0.717) is 16.6 Å². The van der Waals surface area contributed by atoms with Gasteiger partial charge in [0, 0.05) is 23.3 Å². The second-order valence-corrected chi connectivity index (χ2v) is 5.32. The molecule has 0 atom stereocenters. The Hall–Kier alpha value is -0.270. The second kappa shape index (κ2) is 6.61. The van der Waals surface area contributed by atoms with E-state index in [2.05, 4.69) is 21.2 Å². The first-order valence-corrected chi connectivity index (χ1v) is 6.51. The van der Waals surface area contributed by atoms with Crippen molar-refractivity contribution in [2.24, 2.45) is 0 Å². The minimum absolute atomic E-state index is 0.0556. The monoisotopic (exact) mass is 331 g/mol. The highest BCUT2D eigenvalue weighted by atomic mass is 79.9. The summed E-state index contributed by atoms with van der Waals surface area (Å²) in [4.78, 5) is 0. The standard InChI is InChI=1S/C10H10BrF4NS/c11-8-3-7(4-9(12)5-8)6-16-1-2-17-10(13,14)15/h3-5,16H,1-2,6H2. The number of benzene rings is 1. The fraction of sp³-hybridized carbons (Fsp3) is 0.400. The van der Waals surface area contributed by atoms with Gasteiger partial charge in [-0.3, -0.25) is 0 Å². The third kappa shape index (κ3) is 6.90. The van der Waals surface area contributed by atoms with Gasteiger partial charge in [0.2, 0.25) is 0 Å². The average molecular weight is 332 g/mol. The molecule has 0 spiro atoms. The van der Waals surface area contributed by atoms with Gasteiger partial charge in [-0.05, 0) is 35.5 Å². The Kier molecular flexibility index (Phi) is 5.75. The molecule has 0 saturated carbocycles. The van der Waals surface area contributed by atoms with Crippen LogP contribution in [0.1, 0.15) is 5.56 Å². The van der Waals surface area contributed by atoms with E-state index < -0.39 is 5.51 Å². The molecule has 1 nitrogen and oxygen atoms in total. The van der Waals surface area contributed by atoms with Crippen molar-refractivity contribution in [3.05, 3.63) is 34.1 Å². The summed E-state index contributed by atoms with van der Waals surface area (Å²) in [6, 6.07) is 4.38. The van der Waals surface area contributed by atoms with Crippen LogP contribution in [0.4, 0.5) is 17.6 Å². The highest BCUT2D eigenvalue weighted by Crippen LogP contribution is 2.29. The van der Waals surface area contributed by atoms with E-state index in [1.807, 2.05) is 0 Å². The molecule has 1 rings (SSSR count). The van der Waals surface area contributed by atoms with Crippen LogP contribution in [0.3, 0.4) is 0 Å². The molecule has 17 heavy (non-hydrogen) atoms. The predicted octanol–water partition coefficient (Wildman–Crippen LogP) is 3.93. The van der Waals surface area contributed by atoms with Gasteiger partial charge in [-0.2, -0.15) is 13.2 Å². The van der Waals surface area contributed by atoms with Crippen LogP contribution >= 0.6 is 27.7 Å². The summed E-state index contributed by atoms with van der Waals surface area (Å²) in [5.74, 6) is -0.430. The van der Waals surface area contributed by atoms with Crippen LogP contribution < -0.4 is 5.32 Å². The molecule has 0 fully saturated rings. The Bertz CT molecular complexity index is 350. The van der Waals surface area contributed by atoms with E-state index in [0.717, 1.165) is 0 Å². The molecule has 1 aromatic carbocycles. The van der Waals surface area contributed by atoms with Gasteiger partial charge in [0.1, 0.15) is 5.82 Å². The summed E-state index contributed by atoms with van der Waals surface area (Å²) in [5, 5.41) is 2.82. The van der Waals surface area contributed by atoms with Crippen LogP contribution in [0, 0.1) is 5.82 Å². The molecule has 0 amide bonds. The summed E-state index contributed by atoms with van der Waals surface area (Å²) < 4.78 is 48.9. The molecule has 1 aromatic rings. The van der Waals surface area contributed by atoms with E-state index in [1.165, 1.54) is 12.1 Å². The Morgan fingerprint density at radius 1 is 1.24 bits per heavy atom. The van der Waals surface area contributed by atoms with Crippen LogP contribution in [0.15, 0.2) is 22.7 Å². The average Bonchev–Trinajstić information content (AvgIpc) is 2.13. The largest absolute Gasteiger partial charge is 0.441 e. The zero-order valence-corrected chi connectivity index (χ0v) is 11.1. The zero-order valence-electron chi connectivity index (χ0n) is 8.65. The number of hydrogen-bond acceptors (Lipinski definition) is 2. The molecule has 0 aromatic heterocycles. The third-order valence-corrected chi connectivity index (χ3v) is 2.99. The van der Waals surface area contributed by atoms with Crippen LogP contribution in [-0.2, 0) is 6.54 Å². The SMILES string of the molecule is Fc1cc(Br)cc(CNCCSC(F)(F)F)c1. The maximum atomic E-state index is 12.9. The summed E-state index contributed by atoms with van der Waals surface area (Å²) in [7, 11) is 0. The van der Waals surface area contributed by atoms with Gasteiger partial charge in [0.05, 0.1) is 0 Å². The normalized spacial score (nSPS) is 11.8. The van der Waals surface area contributed by atoms with E-state index in [-0.39, 0.29) is 29.9 Å². The highest BCUT2D eigenvalue weighted by molar-refractivity contribution is 9.10. The zero-order chi connectivity index (χ0) is 12.9. The molecule has 1 N–H and O–H groups in total. The van der Waals surface area contributed by atoms with E-state index in [4.69, 9.17) is 0 Å². The van der Waals surface area contributed by atoms with Crippen molar-refractivity contribution in [3.8, 4) is 0 Å². The third-order valence-electron chi connectivity index (χ3n) is 1.80. The number of halogens is 5. The Morgan fingerprint density at radius 2 is 1.94 bits per heavy atom. The number of rotatable bonds is 5. The Morgan fingerprint density at radius 3 is 2.53 bits per heavy atom. The number of hydrogen-bond donors (Lipinski definition) is 1. The van der Waals surface area contributed by atoms with Crippen molar-refractivity contribution in [2.45, 2.75) is 12.1 Å². The van der Waals surface area contributed by atoms with Crippen molar-refractivity contribution in [1.82, 2.24) is 5.32 Å². The first-order chi connectivity index (χ1) is 7.87. The van der Waals surface area contributed by atoms with E-state index >= 15 is 0 Å². The summed E-state index contributed by atoms with van der Waals surface area (Å²) in [5.41, 5.74) is -3.50. The minimum Gasteiger partial charge on any atom is -0.312 e. The number of nitrogens with one attached hydrogen (secondary N) is 1. The molecule has 7 heteroatoms. The predicted molar refractivity (Wildman–Crippen MR) is 64.3 cm³/mol. The van der Waals surface area contributed by atoms with E-state index in [1.54, 1.807) is 6.07 Å². The first kappa shape index (κ1) is 14.8. The number of alkyl halides is 3. The van der Waals surface area contributed by atoms with E-state index in [9.17, 15) is 17.6 Å². The fourth-order valence-electron chi connectivity index (χ4n) is 1.18. The van der Waals surface area contributed by atoms with Gasteiger partial charge in [0.15, 0.2) is 0 Å². The lowest BCUT2D eigenvalue weighted by atomic mass is 10.2. The Balaban J connectivity index is 2.27. The smallest absolute Gasteiger partial charge is 0.312 e. The first-order valence-electron chi connectivity index (χ1n) is 4.73. The molecular formula is C10H10BrF4NS. The summed E-state index contributed by atoms with van der Waals surface area (Å²) in [6.07, 6.45) is 0. The van der Waals surface area contributed by atoms with Gasteiger partial charge in [-0.15, -0.1) is 0 Å². The lowest BCUT2D eigenvalue weighted by molar-refractivity contribution is -0.0327. The lowest BCUT2D eigenvalue weighted by Gasteiger charge is -2.07. The fourth-order valence-corrected chi connectivity index (χ4v) is 2.18. The minimum atomic E-state index is -4.19. The van der Waals surface area contributed by atoms with Gasteiger partial charge in [0.25, 0.3) is 0 Å². The van der Waals surface area contributed by atoms with Gasteiger partial charge < -0.3 is 5.32 Å². The van der Waals surface area contributed by atoms with Gasteiger partial charge >= 0.3 is 5.51 Å². The maximum absolute atomic E-state index is 12.9. The van der Waals surface area contributed by atoms with Crippen molar-refractivity contribution in [1.29, 1.82) is 0 Å². The Labute approximate surface area is 109 Å². The molecule has 0 saturated heterocycles.